The van der Waals surface area contributed by atoms with Crippen molar-refractivity contribution in [1.82, 2.24) is 21.3 Å². The Labute approximate surface area is 242 Å². The normalized spacial score (nSPS) is 19.2. The molecule has 0 fully saturated rings. The number of carboxylic acids is 1. The second kappa shape index (κ2) is 14.7. The van der Waals surface area contributed by atoms with E-state index in [9.17, 15) is 34.2 Å². The molecule has 0 aliphatic carbocycles. The quantitative estimate of drug-likeness (QED) is 0.246. The molecule has 2 aliphatic rings. The summed E-state index contributed by atoms with van der Waals surface area (Å²) in [5, 5.41) is 37.8. The number of phenols is 1. The Bertz CT molecular complexity index is 1340. The van der Waals surface area contributed by atoms with Crippen LogP contribution in [0.2, 0.25) is 0 Å². The smallest absolute Gasteiger partial charge is 0.326 e. The van der Waals surface area contributed by atoms with Crippen LogP contribution in [0, 0.1) is 5.92 Å². The van der Waals surface area contributed by atoms with Gasteiger partial charge in [-0.25, -0.2) is 4.79 Å². The summed E-state index contributed by atoms with van der Waals surface area (Å²) in [6.07, 6.45) is 0.287. The first-order chi connectivity index (χ1) is 19.9. The van der Waals surface area contributed by atoms with E-state index in [-0.39, 0.29) is 36.6 Å². The Morgan fingerprint density at radius 1 is 0.976 bits per heavy atom. The first-order valence-corrected chi connectivity index (χ1v) is 13.4. The zero-order chi connectivity index (χ0) is 30.8. The monoisotopic (exact) mass is 581 g/mol. The van der Waals surface area contributed by atoms with Crippen molar-refractivity contribution in [3.8, 4) is 5.75 Å². The molecule has 0 aromatic heterocycles. The van der Waals surface area contributed by atoms with Crippen LogP contribution in [-0.4, -0.2) is 71.0 Å². The molecule has 0 radical (unpaired) electrons. The molecule has 2 aliphatic heterocycles. The molecule has 0 spiro atoms. The van der Waals surface area contributed by atoms with Crippen LogP contribution < -0.4 is 27.0 Å². The molecule has 0 saturated heterocycles. The minimum absolute atomic E-state index is 0.00768. The maximum absolute atomic E-state index is 13.1. The molecule has 2 aromatic rings. The molecule has 224 valence electrons. The summed E-state index contributed by atoms with van der Waals surface area (Å²) in [4.78, 5) is 62.2. The number of nitrogens with zero attached hydrogens (tertiary/aromatic N) is 2. The molecule has 8 N–H and O–H groups in total. The Balaban J connectivity index is 1.89. The van der Waals surface area contributed by atoms with Gasteiger partial charge in [0.05, 0.1) is 24.8 Å². The van der Waals surface area contributed by atoms with Crippen molar-refractivity contribution < 1.29 is 34.2 Å². The molecule has 4 amide bonds. The van der Waals surface area contributed by atoms with Crippen molar-refractivity contribution in [2.45, 2.75) is 51.2 Å². The van der Waals surface area contributed by atoms with E-state index in [1.54, 1.807) is 36.4 Å². The van der Waals surface area contributed by atoms with E-state index in [0.717, 1.165) is 0 Å². The maximum Gasteiger partial charge on any atom is 0.326 e. The van der Waals surface area contributed by atoms with Crippen molar-refractivity contribution in [3.63, 3.8) is 0 Å². The number of hydrogen-bond donors (Lipinski definition) is 7. The number of benzene rings is 2. The highest BCUT2D eigenvalue weighted by Gasteiger charge is 2.27. The number of phenolic OH excluding ortho intramolecular Hbond substituents is 1. The Hall–Kier alpha value is -4.85. The number of carboxylic acid groups (broad SMARTS) is 1. The summed E-state index contributed by atoms with van der Waals surface area (Å²) in [6, 6.07) is 7.78. The van der Waals surface area contributed by atoms with Crippen molar-refractivity contribution in [3.05, 3.63) is 53.6 Å². The molecule has 2 heterocycles. The highest BCUT2D eigenvalue weighted by molar-refractivity contribution is 5.93. The van der Waals surface area contributed by atoms with E-state index >= 15 is 0 Å². The zero-order valence-corrected chi connectivity index (χ0v) is 23.3. The highest BCUT2D eigenvalue weighted by Crippen LogP contribution is 2.29. The van der Waals surface area contributed by atoms with Crippen LogP contribution in [0.15, 0.2) is 52.7 Å². The minimum Gasteiger partial charge on any atom is -0.506 e. The van der Waals surface area contributed by atoms with Crippen LogP contribution in [0.3, 0.4) is 0 Å². The molecule has 2 aromatic carbocycles. The first-order valence-electron chi connectivity index (χ1n) is 13.4. The molecule has 0 saturated carbocycles. The maximum atomic E-state index is 13.1. The van der Waals surface area contributed by atoms with E-state index in [0.29, 0.717) is 16.8 Å². The Morgan fingerprint density at radius 2 is 1.64 bits per heavy atom. The van der Waals surface area contributed by atoms with Gasteiger partial charge in [0.25, 0.3) is 0 Å². The lowest BCUT2D eigenvalue weighted by Gasteiger charge is -2.22. The number of fused-ring (bicyclic) bond motifs is 13. The molecular formula is C28H35N7O7. The number of amides is 4. The number of hydrogen-bond acceptors (Lipinski definition) is 9. The molecular weight excluding hydrogens is 546 g/mol. The second-order valence-electron chi connectivity index (χ2n) is 10.3. The predicted octanol–water partition coefficient (Wildman–Crippen LogP) is 0.566. The van der Waals surface area contributed by atoms with Gasteiger partial charge in [0, 0.05) is 6.42 Å². The fraction of sp³-hybridized carbons (Fsp3) is 0.393. The van der Waals surface area contributed by atoms with Gasteiger partial charge in [-0.2, -0.15) is 5.11 Å². The minimum atomic E-state index is -1.20. The van der Waals surface area contributed by atoms with E-state index in [2.05, 4.69) is 31.5 Å². The van der Waals surface area contributed by atoms with Gasteiger partial charge in [-0.1, -0.05) is 32.0 Å². The number of aliphatic carboxylic acids is 1. The fourth-order valence-corrected chi connectivity index (χ4v) is 4.13. The van der Waals surface area contributed by atoms with Gasteiger partial charge in [-0.3, -0.25) is 19.2 Å². The van der Waals surface area contributed by atoms with Crippen molar-refractivity contribution >= 4 is 41.0 Å². The first kappa shape index (κ1) is 31.7. The fourth-order valence-electron chi connectivity index (χ4n) is 4.13. The third kappa shape index (κ3) is 9.66. The van der Waals surface area contributed by atoms with Crippen molar-refractivity contribution in [2.75, 3.05) is 13.1 Å². The summed E-state index contributed by atoms with van der Waals surface area (Å²) in [5.74, 6) is -4.02. The molecule has 14 heteroatoms. The number of rotatable bonds is 5. The van der Waals surface area contributed by atoms with Gasteiger partial charge < -0.3 is 37.2 Å². The summed E-state index contributed by atoms with van der Waals surface area (Å²) in [5.41, 5.74) is 7.80. The SMILES string of the molecule is CC(C)CC(NC(=O)C1Cc2ccc(cc2)N=Nc2cc(ccc2O)CC(N)C(=O)NCC(=O)NCC(=O)N1)C(=O)O. The lowest BCUT2D eigenvalue weighted by molar-refractivity contribution is -0.142. The Kier molecular flexibility index (Phi) is 11.1. The molecule has 42 heavy (non-hydrogen) atoms. The summed E-state index contributed by atoms with van der Waals surface area (Å²) in [6.45, 7) is 2.71. The van der Waals surface area contributed by atoms with Crippen LogP contribution in [0.1, 0.15) is 31.4 Å². The van der Waals surface area contributed by atoms with Gasteiger partial charge >= 0.3 is 5.97 Å². The van der Waals surface area contributed by atoms with Crippen LogP contribution in [-0.2, 0) is 36.8 Å². The highest BCUT2D eigenvalue weighted by atomic mass is 16.4. The molecule has 14 nitrogen and oxygen atoms in total. The number of nitrogens with two attached hydrogens (primary N) is 1. The van der Waals surface area contributed by atoms with Crippen molar-refractivity contribution in [2.24, 2.45) is 21.9 Å². The molecule has 4 bridgehead atoms. The summed E-state index contributed by atoms with van der Waals surface area (Å²) >= 11 is 0. The van der Waals surface area contributed by atoms with E-state index < -0.39 is 60.8 Å². The number of nitrogens with one attached hydrogen (secondary N) is 4. The average Bonchev–Trinajstić information content (AvgIpc) is 2.94. The third-order valence-corrected chi connectivity index (χ3v) is 6.32. The second-order valence-corrected chi connectivity index (χ2v) is 10.3. The largest absolute Gasteiger partial charge is 0.506 e. The summed E-state index contributed by atoms with van der Waals surface area (Å²) in [7, 11) is 0. The Morgan fingerprint density at radius 3 is 2.31 bits per heavy atom. The molecule has 3 atom stereocenters. The number of carbonyl (C=O) groups is 5. The van der Waals surface area contributed by atoms with Crippen LogP contribution in [0.4, 0.5) is 11.4 Å². The number of carbonyl (C=O) groups excluding carboxylic acids is 4. The van der Waals surface area contributed by atoms with E-state index in [1.165, 1.54) is 6.07 Å². The standard InChI is InChI=1S/C28H35N7O7/c1-15(2)9-22(28(41)42)33-27(40)21-11-16-3-6-18(7-4-16)34-35-20-12-17(5-8-23(20)36)10-19(29)26(39)31-13-24(37)30-14-25(38)32-21/h3-8,12,15,19,21-22,36H,9-11,13-14,29H2,1-2H3,(H,30,37)(H,31,39)(H,32,38)(H,33,40)(H,41,42). The van der Waals surface area contributed by atoms with Gasteiger partial charge in [0.2, 0.25) is 23.6 Å². The average molecular weight is 582 g/mol. The lowest BCUT2D eigenvalue weighted by atomic mass is 10.0. The lowest BCUT2D eigenvalue weighted by Crippen LogP contribution is -2.54. The van der Waals surface area contributed by atoms with Crippen molar-refractivity contribution in [1.29, 1.82) is 0 Å². The van der Waals surface area contributed by atoms with Gasteiger partial charge in [-0.05, 0) is 54.2 Å². The number of aromatic hydroxyl groups is 1. The van der Waals surface area contributed by atoms with Crippen LogP contribution in [0.25, 0.3) is 0 Å². The summed E-state index contributed by atoms with van der Waals surface area (Å²) < 4.78 is 0. The molecule has 4 rings (SSSR count). The molecule has 3 unspecified atom stereocenters. The van der Waals surface area contributed by atoms with Gasteiger partial charge in [-0.15, -0.1) is 5.11 Å². The van der Waals surface area contributed by atoms with E-state index in [1.807, 2.05) is 13.8 Å². The predicted molar refractivity (Wildman–Crippen MR) is 151 cm³/mol. The number of azo groups is 1. The van der Waals surface area contributed by atoms with Gasteiger partial charge in [0.1, 0.15) is 23.5 Å². The third-order valence-electron chi connectivity index (χ3n) is 6.32. The topological polar surface area (TPSA) is 225 Å². The van der Waals surface area contributed by atoms with E-state index in [4.69, 9.17) is 5.73 Å². The van der Waals surface area contributed by atoms with Crippen LogP contribution in [0.5, 0.6) is 5.75 Å². The van der Waals surface area contributed by atoms with Crippen LogP contribution >= 0.6 is 0 Å². The zero-order valence-electron chi connectivity index (χ0n) is 23.3. The van der Waals surface area contributed by atoms with Gasteiger partial charge in [0.15, 0.2) is 0 Å².